The Balaban J connectivity index is 1.85. The number of ether oxygens (including phenoxy) is 2. The predicted molar refractivity (Wildman–Crippen MR) is 69.6 cm³/mol. The van der Waals surface area contributed by atoms with Gasteiger partial charge in [-0.15, -0.1) is 0 Å². The molecule has 2 atom stereocenters. The van der Waals surface area contributed by atoms with Gasteiger partial charge in [-0.2, -0.15) is 0 Å². The Hall–Kier alpha value is -1.55. The lowest BCUT2D eigenvalue weighted by atomic mass is 10.1. The van der Waals surface area contributed by atoms with Crippen molar-refractivity contribution in [1.82, 2.24) is 0 Å². The van der Waals surface area contributed by atoms with Crippen molar-refractivity contribution in [1.29, 1.82) is 0 Å². The molecule has 4 nitrogen and oxygen atoms in total. The standard InChI is InChI=1S/C14H19NO3/c1-3-17-9-10(2)18-14(16)13-8-11-6-4-5-7-12(11)15-13/h4-7,10,13,15H,3,8-9H2,1-2H3/t10?,13-/m0/s1. The summed E-state index contributed by atoms with van der Waals surface area (Å²) in [5, 5.41) is 3.18. The first-order chi connectivity index (χ1) is 8.70. The van der Waals surface area contributed by atoms with Crippen molar-refractivity contribution in [3.63, 3.8) is 0 Å². The zero-order valence-corrected chi connectivity index (χ0v) is 10.8. The first-order valence-corrected chi connectivity index (χ1v) is 6.33. The number of nitrogens with one attached hydrogen (secondary N) is 1. The second-order valence-corrected chi connectivity index (χ2v) is 4.47. The van der Waals surface area contributed by atoms with E-state index in [0.29, 0.717) is 19.6 Å². The summed E-state index contributed by atoms with van der Waals surface area (Å²) in [5.41, 5.74) is 2.19. The van der Waals surface area contributed by atoms with Gasteiger partial charge in [-0.3, -0.25) is 0 Å². The molecule has 1 aliphatic rings. The van der Waals surface area contributed by atoms with Crippen molar-refractivity contribution in [3.05, 3.63) is 29.8 Å². The summed E-state index contributed by atoms with van der Waals surface area (Å²) in [6.07, 6.45) is 0.485. The Labute approximate surface area is 107 Å². The lowest BCUT2D eigenvalue weighted by Gasteiger charge is -2.16. The van der Waals surface area contributed by atoms with Crippen molar-refractivity contribution < 1.29 is 14.3 Å². The van der Waals surface area contributed by atoms with Crippen LogP contribution >= 0.6 is 0 Å². The van der Waals surface area contributed by atoms with Gasteiger partial charge in [0.15, 0.2) is 0 Å². The molecule has 0 saturated carbocycles. The number of fused-ring (bicyclic) bond motifs is 1. The van der Waals surface area contributed by atoms with Gasteiger partial charge in [0.2, 0.25) is 0 Å². The predicted octanol–water partition coefficient (Wildman–Crippen LogP) is 1.99. The van der Waals surface area contributed by atoms with Gasteiger partial charge in [-0.25, -0.2) is 4.79 Å². The van der Waals surface area contributed by atoms with E-state index in [0.717, 1.165) is 11.3 Å². The van der Waals surface area contributed by atoms with Crippen LogP contribution in [0.2, 0.25) is 0 Å². The lowest BCUT2D eigenvalue weighted by Crippen LogP contribution is -2.33. The molecular formula is C14H19NO3. The van der Waals surface area contributed by atoms with Crippen molar-refractivity contribution in [2.75, 3.05) is 18.5 Å². The minimum atomic E-state index is -0.272. The molecule has 1 aromatic rings. The number of rotatable bonds is 5. The third-order valence-corrected chi connectivity index (χ3v) is 2.93. The van der Waals surface area contributed by atoms with Crippen LogP contribution in [0.15, 0.2) is 24.3 Å². The third-order valence-electron chi connectivity index (χ3n) is 2.93. The number of carbonyl (C=O) groups excluding carboxylic acids is 1. The number of benzene rings is 1. The van der Waals surface area contributed by atoms with Crippen LogP contribution in [-0.2, 0) is 20.7 Å². The van der Waals surface area contributed by atoms with Crippen molar-refractivity contribution >= 4 is 11.7 Å². The maximum atomic E-state index is 11.9. The van der Waals surface area contributed by atoms with Crippen LogP contribution in [0.3, 0.4) is 0 Å². The quantitative estimate of drug-likeness (QED) is 0.811. The SMILES string of the molecule is CCOCC(C)OC(=O)[C@@H]1Cc2ccccc2N1. The van der Waals surface area contributed by atoms with Crippen LogP contribution in [0.5, 0.6) is 0 Å². The number of esters is 1. The zero-order chi connectivity index (χ0) is 13.0. The van der Waals surface area contributed by atoms with Gasteiger partial charge in [-0.1, -0.05) is 18.2 Å². The van der Waals surface area contributed by atoms with E-state index in [1.54, 1.807) is 0 Å². The largest absolute Gasteiger partial charge is 0.459 e. The highest BCUT2D eigenvalue weighted by molar-refractivity contribution is 5.82. The number of hydrogen-bond acceptors (Lipinski definition) is 4. The van der Waals surface area contributed by atoms with E-state index in [4.69, 9.17) is 9.47 Å². The molecule has 2 rings (SSSR count). The molecule has 0 radical (unpaired) electrons. The fourth-order valence-corrected chi connectivity index (χ4v) is 2.04. The molecule has 0 bridgehead atoms. The van der Waals surface area contributed by atoms with E-state index in [2.05, 4.69) is 5.32 Å². The van der Waals surface area contributed by atoms with Gasteiger partial charge < -0.3 is 14.8 Å². The Morgan fingerprint density at radius 1 is 1.50 bits per heavy atom. The smallest absolute Gasteiger partial charge is 0.329 e. The second-order valence-electron chi connectivity index (χ2n) is 4.47. The summed E-state index contributed by atoms with van der Waals surface area (Å²) in [4.78, 5) is 11.9. The van der Waals surface area contributed by atoms with Crippen LogP contribution in [0.25, 0.3) is 0 Å². The summed E-state index contributed by atoms with van der Waals surface area (Å²) >= 11 is 0. The van der Waals surface area contributed by atoms with E-state index in [-0.39, 0.29) is 18.1 Å². The van der Waals surface area contributed by atoms with Gasteiger partial charge in [0.25, 0.3) is 0 Å². The van der Waals surface area contributed by atoms with Crippen molar-refractivity contribution in [2.45, 2.75) is 32.4 Å². The highest BCUT2D eigenvalue weighted by Crippen LogP contribution is 2.25. The first-order valence-electron chi connectivity index (χ1n) is 6.33. The molecular weight excluding hydrogens is 230 g/mol. The Bertz CT molecular complexity index is 394. The molecule has 0 aliphatic carbocycles. The molecule has 0 aromatic heterocycles. The average molecular weight is 249 g/mol. The second kappa shape index (κ2) is 5.87. The van der Waals surface area contributed by atoms with Crippen molar-refractivity contribution in [3.8, 4) is 0 Å². The third kappa shape index (κ3) is 3.01. The molecule has 4 heteroatoms. The van der Waals surface area contributed by atoms with E-state index < -0.39 is 0 Å². The van der Waals surface area contributed by atoms with E-state index in [1.165, 1.54) is 0 Å². The van der Waals surface area contributed by atoms with E-state index >= 15 is 0 Å². The molecule has 1 heterocycles. The summed E-state index contributed by atoms with van der Waals surface area (Å²) in [7, 11) is 0. The fourth-order valence-electron chi connectivity index (χ4n) is 2.04. The molecule has 0 fully saturated rings. The summed E-state index contributed by atoms with van der Waals surface area (Å²) in [6.45, 7) is 4.84. The van der Waals surface area contributed by atoms with Crippen LogP contribution in [-0.4, -0.2) is 31.3 Å². The molecule has 1 aliphatic heterocycles. The zero-order valence-electron chi connectivity index (χ0n) is 10.8. The van der Waals surface area contributed by atoms with E-state index in [1.807, 2.05) is 38.1 Å². The molecule has 1 aromatic carbocycles. The monoisotopic (exact) mass is 249 g/mol. The van der Waals surface area contributed by atoms with Crippen LogP contribution in [0, 0.1) is 0 Å². The van der Waals surface area contributed by atoms with Crippen molar-refractivity contribution in [2.24, 2.45) is 0 Å². The molecule has 18 heavy (non-hydrogen) atoms. The topological polar surface area (TPSA) is 47.6 Å². The maximum Gasteiger partial charge on any atom is 0.329 e. The van der Waals surface area contributed by atoms with Gasteiger partial charge in [-0.05, 0) is 25.5 Å². The number of para-hydroxylation sites is 1. The Morgan fingerprint density at radius 2 is 2.28 bits per heavy atom. The van der Waals surface area contributed by atoms with Crippen LogP contribution in [0.4, 0.5) is 5.69 Å². The first kappa shape index (κ1) is 12.9. The highest BCUT2D eigenvalue weighted by atomic mass is 16.6. The molecule has 0 saturated heterocycles. The molecule has 1 unspecified atom stereocenters. The minimum Gasteiger partial charge on any atom is -0.459 e. The number of carbonyl (C=O) groups is 1. The van der Waals surface area contributed by atoms with E-state index in [9.17, 15) is 4.79 Å². The molecule has 0 spiro atoms. The number of anilines is 1. The lowest BCUT2D eigenvalue weighted by molar-refractivity contribution is -0.151. The Morgan fingerprint density at radius 3 is 3.00 bits per heavy atom. The summed E-state index contributed by atoms with van der Waals surface area (Å²) in [6, 6.07) is 7.67. The van der Waals surface area contributed by atoms with Gasteiger partial charge in [0.1, 0.15) is 12.1 Å². The Kier molecular flexibility index (Phi) is 4.20. The average Bonchev–Trinajstić information content (AvgIpc) is 2.80. The van der Waals surface area contributed by atoms with Gasteiger partial charge in [0, 0.05) is 18.7 Å². The van der Waals surface area contributed by atoms with Gasteiger partial charge in [0.05, 0.1) is 6.61 Å². The normalized spacial score (nSPS) is 18.9. The highest BCUT2D eigenvalue weighted by Gasteiger charge is 2.28. The summed E-state index contributed by atoms with van der Waals surface area (Å²) in [5.74, 6) is -0.210. The fraction of sp³-hybridized carbons (Fsp3) is 0.500. The van der Waals surface area contributed by atoms with Gasteiger partial charge >= 0.3 is 5.97 Å². The minimum absolute atomic E-state index is 0.206. The van der Waals surface area contributed by atoms with Crippen LogP contribution < -0.4 is 5.32 Å². The maximum absolute atomic E-state index is 11.9. The van der Waals surface area contributed by atoms with Crippen LogP contribution in [0.1, 0.15) is 19.4 Å². The number of hydrogen-bond donors (Lipinski definition) is 1. The molecule has 1 N–H and O–H groups in total. The summed E-state index contributed by atoms with van der Waals surface area (Å²) < 4.78 is 10.6. The molecule has 98 valence electrons. The molecule has 0 amide bonds.